The average Bonchev–Trinajstić information content (AvgIpc) is 3.57. The molecule has 0 bridgehead atoms. The molecular weight excluding hydrogens is 396 g/mol. The zero-order valence-electron chi connectivity index (χ0n) is 18.3. The molecule has 6 rings (SSSR count). The molecule has 162 valence electrons. The number of nitrogens with zero attached hydrogens (tertiary/aromatic N) is 6. The largest absolute Gasteiger partial charge is 0.357 e. The lowest BCUT2D eigenvalue weighted by molar-refractivity contribution is 0.571. The Morgan fingerprint density at radius 1 is 0.844 bits per heavy atom. The highest BCUT2D eigenvalue weighted by atomic mass is 15.2. The topological polar surface area (TPSA) is 59.2 Å². The average molecular weight is 425 g/mol. The Morgan fingerprint density at radius 2 is 1.75 bits per heavy atom. The lowest BCUT2D eigenvalue weighted by Gasteiger charge is -2.28. The van der Waals surface area contributed by atoms with Gasteiger partial charge in [0, 0.05) is 61.5 Å². The fourth-order valence-electron chi connectivity index (χ4n) is 4.63. The number of aromatic nitrogens is 5. The maximum atomic E-state index is 4.98. The zero-order valence-corrected chi connectivity index (χ0v) is 18.3. The van der Waals surface area contributed by atoms with E-state index in [0.717, 1.165) is 48.2 Å². The van der Waals surface area contributed by atoms with Crippen molar-refractivity contribution in [2.24, 2.45) is 0 Å². The van der Waals surface area contributed by atoms with E-state index < -0.39 is 0 Å². The van der Waals surface area contributed by atoms with Crippen molar-refractivity contribution in [2.45, 2.75) is 50.9 Å². The lowest BCUT2D eigenvalue weighted by Crippen LogP contribution is -2.30. The third-order valence-corrected chi connectivity index (χ3v) is 6.50. The monoisotopic (exact) mass is 424 g/mol. The van der Waals surface area contributed by atoms with E-state index in [1.807, 2.05) is 16.8 Å². The number of hydrogen-bond donors (Lipinski definition) is 0. The van der Waals surface area contributed by atoms with Crippen LogP contribution in [0, 0.1) is 0 Å². The van der Waals surface area contributed by atoms with Crippen molar-refractivity contribution in [3.63, 3.8) is 0 Å². The van der Waals surface area contributed by atoms with Gasteiger partial charge in [0.15, 0.2) is 0 Å². The number of hydrogen-bond acceptors (Lipinski definition) is 5. The lowest BCUT2D eigenvalue weighted by atomic mass is 10.1. The van der Waals surface area contributed by atoms with Gasteiger partial charge >= 0.3 is 0 Å². The SMILES string of the molecule is c1cc(Cc2nc(Cc3ccn4ccnc4c3)cc(N3CCCCC3)n2)nc(C2CC2)c1. The van der Waals surface area contributed by atoms with Gasteiger partial charge in [-0.3, -0.25) is 4.98 Å². The van der Waals surface area contributed by atoms with Gasteiger partial charge in [-0.2, -0.15) is 0 Å². The van der Waals surface area contributed by atoms with E-state index in [-0.39, 0.29) is 0 Å². The first-order chi connectivity index (χ1) is 15.8. The zero-order chi connectivity index (χ0) is 21.3. The molecule has 1 saturated heterocycles. The molecule has 32 heavy (non-hydrogen) atoms. The van der Waals surface area contributed by atoms with E-state index >= 15 is 0 Å². The number of anilines is 1. The Labute approximate surface area is 188 Å². The Bertz CT molecular complexity index is 1240. The standard InChI is InChI=1S/C26H28N6/c1-2-11-31(12-3-1)26-18-22(15-19-9-13-32-14-10-27-25(32)16-19)29-24(30-26)17-21-5-4-6-23(28-21)20-7-8-20/h4-6,9-10,13-14,16,18,20H,1-3,7-8,11-12,15,17H2. The second-order valence-electron chi connectivity index (χ2n) is 9.09. The van der Waals surface area contributed by atoms with E-state index in [4.69, 9.17) is 15.0 Å². The summed E-state index contributed by atoms with van der Waals surface area (Å²) in [7, 11) is 0. The van der Waals surface area contributed by atoms with Crippen LogP contribution < -0.4 is 4.90 Å². The molecule has 6 nitrogen and oxygen atoms in total. The number of fused-ring (bicyclic) bond motifs is 1. The molecule has 0 atom stereocenters. The Kier molecular flexibility index (Phi) is 5.06. The van der Waals surface area contributed by atoms with Crippen molar-refractivity contribution in [1.29, 1.82) is 0 Å². The molecule has 5 heterocycles. The molecular formula is C26H28N6. The van der Waals surface area contributed by atoms with Crippen LogP contribution >= 0.6 is 0 Å². The van der Waals surface area contributed by atoms with Crippen LogP contribution in [0.3, 0.4) is 0 Å². The van der Waals surface area contributed by atoms with Gasteiger partial charge in [-0.05, 0) is 61.9 Å². The van der Waals surface area contributed by atoms with Crippen LogP contribution in [0.15, 0.2) is 55.0 Å². The van der Waals surface area contributed by atoms with Crippen LogP contribution in [-0.4, -0.2) is 37.4 Å². The molecule has 0 N–H and O–H groups in total. The van der Waals surface area contributed by atoms with Gasteiger partial charge in [0.1, 0.15) is 17.3 Å². The van der Waals surface area contributed by atoms with Crippen LogP contribution in [0.2, 0.25) is 0 Å². The molecule has 2 fully saturated rings. The van der Waals surface area contributed by atoms with Gasteiger partial charge in [0.25, 0.3) is 0 Å². The summed E-state index contributed by atoms with van der Waals surface area (Å²) >= 11 is 0. The summed E-state index contributed by atoms with van der Waals surface area (Å²) in [5.41, 5.74) is 5.53. The van der Waals surface area contributed by atoms with Crippen molar-refractivity contribution in [1.82, 2.24) is 24.3 Å². The van der Waals surface area contributed by atoms with Crippen LogP contribution in [0.1, 0.15) is 66.5 Å². The minimum atomic E-state index is 0.656. The predicted octanol–water partition coefficient (Wildman–Crippen LogP) is 4.57. The number of piperidine rings is 1. The number of rotatable bonds is 6. The molecule has 1 aliphatic carbocycles. The van der Waals surface area contributed by atoms with Crippen LogP contribution in [0.4, 0.5) is 5.82 Å². The minimum absolute atomic E-state index is 0.656. The summed E-state index contributed by atoms with van der Waals surface area (Å²) in [5, 5.41) is 0. The quantitative estimate of drug-likeness (QED) is 0.454. The smallest absolute Gasteiger partial charge is 0.136 e. The second kappa shape index (κ2) is 8.34. The summed E-state index contributed by atoms with van der Waals surface area (Å²) in [6.07, 6.45) is 13.6. The fourth-order valence-corrected chi connectivity index (χ4v) is 4.63. The second-order valence-corrected chi connectivity index (χ2v) is 9.09. The third-order valence-electron chi connectivity index (χ3n) is 6.50. The Morgan fingerprint density at radius 3 is 2.62 bits per heavy atom. The summed E-state index contributed by atoms with van der Waals surface area (Å²) in [6, 6.07) is 12.9. The predicted molar refractivity (Wildman–Crippen MR) is 125 cm³/mol. The van der Waals surface area contributed by atoms with Crippen molar-refractivity contribution in [3.8, 4) is 0 Å². The van der Waals surface area contributed by atoms with Gasteiger partial charge in [-0.1, -0.05) is 6.07 Å². The molecule has 1 aliphatic heterocycles. The molecule has 0 radical (unpaired) electrons. The van der Waals surface area contributed by atoms with Crippen molar-refractivity contribution in [2.75, 3.05) is 18.0 Å². The highest BCUT2D eigenvalue weighted by molar-refractivity contribution is 5.45. The van der Waals surface area contributed by atoms with Gasteiger partial charge < -0.3 is 9.30 Å². The van der Waals surface area contributed by atoms with Crippen molar-refractivity contribution < 1.29 is 0 Å². The van der Waals surface area contributed by atoms with Crippen LogP contribution in [0.5, 0.6) is 0 Å². The molecule has 1 saturated carbocycles. The summed E-state index contributed by atoms with van der Waals surface area (Å²) in [6.45, 7) is 2.15. The van der Waals surface area contributed by atoms with E-state index in [9.17, 15) is 0 Å². The number of pyridine rings is 2. The first-order valence-corrected chi connectivity index (χ1v) is 11.8. The van der Waals surface area contributed by atoms with Crippen molar-refractivity contribution in [3.05, 3.63) is 83.5 Å². The first-order valence-electron chi connectivity index (χ1n) is 11.8. The van der Waals surface area contributed by atoms with E-state index in [0.29, 0.717) is 12.3 Å². The van der Waals surface area contributed by atoms with Gasteiger partial charge in [0.05, 0.1) is 12.1 Å². The van der Waals surface area contributed by atoms with Gasteiger partial charge in [-0.25, -0.2) is 15.0 Å². The van der Waals surface area contributed by atoms with E-state index in [1.54, 1.807) is 0 Å². The first kappa shape index (κ1) is 19.4. The molecule has 4 aromatic rings. The van der Waals surface area contributed by atoms with Gasteiger partial charge in [0.2, 0.25) is 0 Å². The molecule has 0 unspecified atom stereocenters. The molecule has 0 aromatic carbocycles. The minimum Gasteiger partial charge on any atom is -0.357 e. The third kappa shape index (κ3) is 4.22. The Balaban J connectivity index is 1.32. The fraction of sp³-hybridized carbons (Fsp3) is 0.385. The molecule has 2 aliphatic rings. The molecule has 4 aromatic heterocycles. The maximum absolute atomic E-state index is 4.98. The van der Waals surface area contributed by atoms with Gasteiger partial charge in [-0.15, -0.1) is 0 Å². The summed E-state index contributed by atoms with van der Waals surface area (Å²) < 4.78 is 2.03. The molecule has 0 spiro atoms. The normalized spacial score (nSPS) is 16.6. The van der Waals surface area contributed by atoms with E-state index in [2.05, 4.69) is 52.5 Å². The maximum Gasteiger partial charge on any atom is 0.136 e. The number of imidazole rings is 1. The van der Waals surface area contributed by atoms with Crippen molar-refractivity contribution >= 4 is 11.5 Å². The van der Waals surface area contributed by atoms with Crippen LogP contribution in [-0.2, 0) is 12.8 Å². The Hall–Kier alpha value is -3.28. The van der Waals surface area contributed by atoms with E-state index in [1.165, 1.54) is 43.4 Å². The highest BCUT2D eigenvalue weighted by Crippen LogP contribution is 2.38. The molecule has 0 amide bonds. The summed E-state index contributed by atoms with van der Waals surface area (Å²) in [4.78, 5) is 21.7. The van der Waals surface area contributed by atoms with Crippen LogP contribution in [0.25, 0.3) is 5.65 Å². The molecule has 6 heteroatoms. The highest BCUT2D eigenvalue weighted by Gasteiger charge is 2.25. The summed E-state index contributed by atoms with van der Waals surface area (Å²) in [5.74, 6) is 2.58.